The fourth-order valence-electron chi connectivity index (χ4n) is 4.96. The van der Waals surface area contributed by atoms with Crippen molar-refractivity contribution in [3.8, 4) is 28.3 Å². The Hall–Kier alpha value is -4.96. The lowest BCUT2D eigenvalue weighted by Gasteiger charge is -2.34. The lowest BCUT2D eigenvalue weighted by Crippen LogP contribution is -2.47. The third kappa shape index (κ3) is 4.92. The topological polar surface area (TPSA) is 106 Å². The van der Waals surface area contributed by atoms with Crippen molar-refractivity contribution in [2.24, 2.45) is 0 Å². The van der Waals surface area contributed by atoms with Gasteiger partial charge < -0.3 is 10.6 Å². The molecule has 5 heterocycles. The average molecular weight is 535 g/mol. The van der Waals surface area contributed by atoms with E-state index in [0.717, 1.165) is 42.0 Å². The molecule has 1 amide bonds. The standard InChI is InChI=1S/C30H27FN8O/c1-2-27(40)38-14-12-37(13-15-38)19-20-5-8-23(9-6-20)39-26-16-21(25-10-7-22(31)18-34-25)17-35-29(26)36-30(39)24-4-3-11-33-28(24)32/h2-11,16-18H,1,12-15,19H2,(H2,32,33). The van der Waals surface area contributed by atoms with E-state index in [0.29, 0.717) is 41.6 Å². The molecule has 2 N–H and O–H groups in total. The first-order chi connectivity index (χ1) is 19.5. The van der Waals surface area contributed by atoms with Crippen LogP contribution in [0.2, 0.25) is 0 Å². The summed E-state index contributed by atoms with van der Waals surface area (Å²) in [5.41, 5.74) is 11.6. The number of hydrogen-bond donors (Lipinski definition) is 1. The molecule has 0 unspecified atom stereocenters. The predicted molar refractivity (Wildman–Crippen MR) is 152 cm³/mol. The van der Waals surface area contributed by atoms with Gasteiger partial charge in [-0.2, -0.15) is 0 Å². The molecule has 0 radical (unpaired) electrons. The summed E-state index contributed by atoms with van der Waals surface area (Å²) in [5, 5.41) is 0. The number of halogens is 1. The average Bonchev–Trinajstić information content (AvgIpc) is 3.37. The number of amides is 1. The maximum atomic E-state index is 13.5. The Kier molecular flexibility index (Phi) is 6.75. The van der Waals surface area contributed by atoms with Crippen molar-refractivity contribution in [1.82, 2.24) is 34.3 Å². The Morgan fingerprint density at radius 3 is 2.50 bits per heavy atom. The van der Waals surface area contributed by atoms with E-state index in [1.165, 1.54) is 18.3 Å². The molecule has 1 fully saturated rings. The minimum atomic E-state index is -0.399. The Balaban J connectivity index is 1.35. The highest BCUT2D eigenvalue weighted by Gasteiger charge is 2.21. The Morgan fingerprint density at radius 1 is 1.00 bits per heavy atom. The molecule has 0 aliphatic carbocycles. The molecular formula is C30H27FN8O. The summed E-state index contributed by atoms with van der Waals surface area (Å²) in [6, 6.07) is 16.9. The number of nitrogens with zero attached hydrogens (tertiary/aromatic N) is 7. The van der Waals surface area contributed by atoms with Crippen LogP contribution in [0.15, 0.2) is 85.8 Å². The van der Waals surface area contributed by atoms with Crippen LogP contribution in [-0.2, 0) is 11.3 Å². The number of nitrogens with two attached hydrogens (primary N) is 1. The maximum absolute atomic E-state index is 13.5. The molecular weight excluding hydrogens is 507 g/mol. The molecule has 6 rings (SSSR count). The van der Waals surface area contributed by atoms with Gasteiger partial charge in [-0.3, -0.25) is 19.2 Å². The monoisotopic (exact) mass is 534 g/mol. The Labute approximate surface area is 230 Å². The lowest BCUT2D eigenvalue weighted by molar-refractivity contribution is -0.127. The zero-order valence-electron chi connectivity index (χ0n) is 21.7. The number of fused-ring (bicyclic) bond motifs is 1. The predicted octanol–water partition coefficient (Wildman–Crippen LogP) is 4.10. The van der Waals surface area contributed by atoms with E-state index in [4.69, 9.17) is 10.7 Å². The highest BCUT2D eigenvalue weighted by atomic mass is 19.1. The van der Waals surface area contributed by atoms with Gasteiger partial charge >= 0.3 is 0 Å². The molecule has 200 valence electrons. The van der Waals surface area contributed by atoms with E-state index in [1.807, 2.05) is 39.8 Å². The van der Waals surface area contributed by atoms with Crippen LogP contribution in [0.5, 0.6) is 0 Å². The summed E-state index contributed by atoms with van der Waals surface area (Å²) in [5.74, 6) is 0.567. The summed E-state index contributed by atoms with van der Waals surface area (Å²) >= 11 is 0. The number of benzene rings is 1. The number of piperazine rings is 1. The molecule has 40 heavy (non-hydrogen) atoms. The van der Waals surface area contributed by atoms with Gasteiger partial charge in [-0.1, -0.05) is 18.7 Å². The first-order valence-corrected chi connectivity index (χ1v) is 12.9. The number of carbonyl (C=O) groups excluding carboxylic acids is 1. The number of aromatic nitrogens is 5. The molecule has 10 heteroatoms. The minimum Gasteiger partial charge on any atom is -0.383 e. The Bertz CT molecular complexity index is 1690. The van der Waals surface area contributed by atoms with Gasteiger partial charge in [0.25, 0.3) is 0 Å². The smallest absolute Gasteiger partial charge is 0.246 e. The SMILES string of the molecule is C=CC(=O)N1CCN(Cc2ccc(-n3c(-c4cccnc4N)nc4ncc(-c5ccc(F)cn5)cc43)cc2)CC1. The minimum absolute atomic E-state index is 0.0190. The first-order valence-electron chi connectivity index (χ1n) is 12.9. The molecule has 1 aromatic carbocycles. The van der Waals surface area contributed by atoms with E-state index in [1.54, 1.807) is 18.5 Å². The van der Waals surface area contributed by atoms with Crippen LogP contribution >= 0.6 is 0 Å². The fraction of sp³-hybridized carbons (Fsp3) is 0.167. The first kappa shape index (κ1) is 25.3. The van der Waals surface area contributed by atoms with Gasteiger partial charge in [-0.25, -0.2) is 19.3 Å². The quantitative estimate of drug-likeness (QED) is 0.327. The number of imidazole rings is 1. The number of carbonyl (C=O) groups is 1. The van der Waals surface area contributed by atoms with Crippen LogP contribution in [0.25, 0.3) is 39.5 Å². The van der Waals surface area contributed by atoms with Gasteiger partial charge in [0.05, 0.1) is 23.0 Å². The largest absolute Gasteiger partial charge is 0.383 e. The van der Waals surface area contributed by atoms with Gasteiger partial charge in [-0.05, 0) is 54.1 Å². The van der Waals surface area contributed by atoms with Crippen LogP contribution in [0, 0.1) is 5.82 Å². The fourth-order valence-corrected chi connectivity index (χ4v) is 4.96. The van der Waals surface area contributed by atoms with Gasteiger partial charge in [0, 0.05) is 56.4 Å². The highest BCUT2D eigenvalue weighted by Crippen LogP contribution is 2.32. The summed E-state index contributed by atoms with van der Waals surface area (Å²) in [6.07, 6.45) is 5.89. The van der Waals surface area contributed by atoms with Crippen molar-refractivity contribution >= 4 is 22.9 Å². The molecule has 4 aromatic heterocycles. The number of nitrogen functional groups attached to an aromatic ring is 1. The van der Waals surface area contributed by atoms with Crippen LogP contribution in [0.3, 0.4) is 0 Å². The van der Waals surface area contributed by atoms with E-state index >= 15 is 0 Å². The maximum Gasteiger partial charge on any atom is 0.246 e. The van der Waals surface area contributed by atoms with Crippen molar-refractivity contribution < 1.29 is 9.18 Å². The molecule has 1 saturated heterocycles. The number of hydrogen-bond acceptors (Lipinski definition) is 7. The summed E-state index contributed by atoms with van der Waals surface area (Å²) in [6.45, 7) is 7.37. The lowest BCUT2D eigenvalue weighted by atomic mass is 10.1. The van der Waals surface area contributed by atoms with E-state index in [9.17, 15) is 9.18 Å². The summed E-state index contributed by atoms with van der Waals surface area (Å²) in [4.78, 5) is 33.9. The van der Waals surface area contributed by atoms with Gasteiger partial charge in [-0.15, -0.1) is 0 Å². The number of pyridine rings is 3. The van der Waals surface area contributed by atoms with Crippen LogP contribution in [-0.4, -0.2) is 66.4 Å². The number of anilines is 1. The molecule has 0 bridgehead atoms. The molecule has 5 aromatic rings. The molecule has 0 saturated carbocycles. The second-order valence-electron chi connectivity index (χ2n) is 9.61. The van der Waals surface area contributed by atoms with Gasteiger partial charge in [0.2, 0.25) is 5.91 Å². The van der Waals surface area contributed by atoms with E-state index in [2.05, 4.69) is 38.6 Å². The zero-order chi connectivity index (χ0) is 27.6. The van der Waals surface area contributed by atoms with Crippen molar-refractivity contribution in [3.05, 3.63) is 97.2 Å². The molecule has 0 atom stereocenters. The third-order valence-corrected chi connectivity index (χ3v) is 7.07. The van der Waals surface area contributed by atoms with Crippen molar-refractivity contribution in [2.45, 2.75) is 6.54 Å². The second kappa shape index (κ2) is 10.7. The van der Waals surface area contributed by atoms with Crippen molar-refractivity contribution in [3.63, 3.8) is 0 Å². The normalized spacial score (nSPS) is 14.0. The van der Waals surface area contributed by atoms with Crippen molar-refractivity contribution in [1.29, 1.82) is 0 Å². The van der Waals surface area contributed by atoms with Crippen molar-refractivity contribution in [2.75, 3.05) is 31.9 Å². The van der Waals surface area contributed by atoms with Gasteiger partial charge in [0.1, 0.15) is 11.6 Å². The molecule has 0 spiro atoms. The number of rotatable bonds is 6. The van der Waals surface area contributed by atoms with Gasteiger partial charge in [0.15, 0.2) is 11.5 Å². The molecule has 1 aliphatic rings. The summed E-state index contributed by atoms with van der Waals surface area (Å²) < 4.78 is 15.5. The zero-order valence-corrected chi connectivity index (χ0v) is 21.7. The summed E-state index contributed by atoms with van der Waals surface area (Å²) in [7, 11) is 0. The van der Waals surface area contributed by atoms with Crippen LogP contribution in [0.1, 0.15) is 5.56 Å². The molecule has 9 nitrogen and oxygen atoms in total. The van der Waals surface area contributed by atoms with E-state index < -0.39 is 5.82 Å². The second-order valence-corrected chi connectivity index (χ2v) is 9.61. The van der Waals surface area contributed by atoms with Crippen LogP contribution < -0.4 is 5.73 Å². The van der Waals surface area contributed by atoms with Crippen LogP contribution in [0.4, 0.5) is 10.2 Å². The molecule has 1 aliphatic heterocycles. The Morgan fingerprint density at radius 2 is 1.80 bits per heavy atom. The third-order valence-electron chi connectivity index (χ3n) is 7.07. The highest BCUT2D eigenvalue weighted by molar-refractivity contribution is 5.87. The van der Waals surface area contributed by atoms with E-state index in [-0.39, 0.29) is 5.91 Å².